The van der Waals surface area contributed by atoms with Gasteiger partial charge in [-0.2, -0.15) is 0 Å². The number of amides is 1. The van der Waals surface area contributed by atoms with Crippen LogP contribution in [0.2, 0.25) is 5.02 Å². The van der Waals surface area contributed by atoms with Crippen LogP contribution in [-0.4, -0.2) is 35.7 Å². The Morgan fingerprint density at radius 3 is 2.55 bits per heavy atom. The van der Waals surface area contributed by atoms with Crippen LogP contribution in [0.5, 0.6) is 0 Å². The Labute approximate surface area is 120 Å². The van der Waals surface area contributed by atoms with Crippen molar-refractivity contribution in [2.24, 2.45) is 5.73 Å². The summed E-state index contributed by atoms with van der Waals surface area (Å²) in [7, 11) is 0. The lowest BCUT2D eigenvalue weighted by Gasteiger charge is -2.31. The first kappa shape index (κ1) is 14.8. The number of hydrogen-bond donors (Lipinski definition) is 3. The summed E-state index contributed by atoms with van der Waals surface area (Å²) < 4.78 is 5.18. The smallest absolute Gasteiger partial charge is 0.335 e. The van der Waals surface area contributed by atoms with Crippen molar-refractivity contribution in [3.8, 4) is 0 Å². The van der Waals surface area contributed by atoms with Crippen LogP contribution in [0.4, 0.5) is 5.69 Å². The standard InChI is InChI=1S/C13H15ClN2O4/c14-9-7-8(11(17)18)1-2-10(9)16-12(19)13(15)3-5-20-6-4-13/h1-2,7H,3-6,15H2,(H,16,19)(H,17,18). The first-order valence-corrected chi connectivity index (χ1v) is 6.51. The SMILES string of the molecule is NC1(C(=O)Nc2ccc(C(=O)O)cc2Cl)CCOCC1. The second kappa shape index (κ2) is 5.78. The van der Waals surface area contributed by atoms with E-state index in [0.29, 0.717) is 31.7 Å². The van der Waals surface area contributed by atoms with Gasteiger partial charge in [-0.1, -0.05) is 11.6 Å². The molecule has 6 nitrogen and oxygen atoms in total. The number of nitrogens with one attached hydrogen (secondary N) is 1. The van der Waals surface area contributed by atoms with Gasteiger partial charge in [0, 0.05) is 13.2 Å². The Morgan fingerprint density at radius 2 is 2.00 bits per heavy atom. The van der Waals surface area contributed by atoms with Crippen LogP contribution < -0.4 is 11.1 Å². The molecule has 0 saturated carbocycles. The fourth-order valence-electron chi connectivity index (χ4n) is 1.96. The van der Waals surface area contributed by atoms with Gasteiger partial charge in [0.25, 0.3) is 0 Å². The van der Waals surface area contributed by atoms with Gasteiger partial charge in [-0.3, -0.25) is 4.79 Å². The molecule has 1 aromatic rings. The summed E-state index contributed by atoms with van der Waals surface area (Å²) in [5.41, 5.74) is 5.47. The minimum Gasteiger partial charge on any atom is -0.478 e. The Balaban J connectivity index is 2.13. The predicted octanol–water partition coefficient (Wildman–Crippen LogP) is 1.48. The second-order valence-corrected chi connectivity index (χ2v) is 5.13. The van der Waals surface area contributed by atoms with Crippen LogP contribution in [0.25, 0.3) is 0 Å². The Hall–Kier alpha value is -1.63. The maximum Gasteiger partial charge on any atom is 0.335 e. The highest BCUT2D eigenvalue weighted by Crippen LogP contribution is 2.26. The molecule has 2 rings (SSSR count). The maximum absolute atomic E-state index is 12.2. The van der Waals surface area contributed by atoms with Gasteiger partial charge in [0.15, 0.2) is 0 Å². The van der Waals surface area contributed by atoms with Crippen molar-refractivity contribution in [2.45, 2.75) is 18.4 Å². The van der Waals surface area contributed by atoms with Crippen LogP contribution in [0, 0.1) is 0 Å². The zero-order chi connectivity index (χ0) is 14.8. The lowest BCUT2D eigenvalue weighted by atomic mass is 9.90. The Morgan fingerprint density at radius 1 is 1.35 bits per heavy atom. The zero-order valence-electron chi connectivity index (χ0n) is 10.7. The summed E-state index contributed by atoms with van der Waals surface area (Å²) in [6.07, 6.45) is 0.868. The molecule has 0 atom stereocenters. The average molecular weight is 299 g/mol. The molecular weight excluding hydrogens is 284 g/mol. The van der Waals surface area contributed by atoms with Crippen molar-refractivity contribution in [2.75, 3.05) is 18.5 Å². The number of carboxylic acid groups (broad SMARTS) is 1. The molecule has 0 aromatic heterocycles. The van der Waals surface area contributed by atoms with Crippen LogP contribution in [0.3, 0.4) is 0 Å². The molecule has 0 unspecified atom stereocenters. The van der Waals surface area contributed by atoms with Crippen molar-refractivity contribution in [1.82, 2.24) is 0 Å². The average Bonchev–Trinajstić information content (AvgIpc) is 2.41. The molecule has 7 heteroatoms. The summed E-state index contributed by atoms with van der Waals surface area (Å²) in [6, 6.07) is 4.11. The topological polar surface area (TPSA) is 102 Å². The number of anilines is 1. The summed E-state index contributed by atoms with van der Waals surface area (Å²) in [5, 5.41) is 11.7. The monoisotopic (exact) mass is 298 g/mol. The minimum absolute atomic E-state index is 0.0570. The molecule has 1 aromatic carbocycles. The molecule has 0 bridgehead atoms. The molecule has 0 radical (unpaired) electrons. The second-order valence-electron chi connectivity index (χ2n) is 4.72. The zero-order valence-corrected chi connectivity index (χ0v) is 11.4. The van der Waals surface area contributed by atoms with Gasteiger partial charge in [-0.15, -0.1) is 0 Å². The molecule has 1 amide bonds. The molecule has 1 saturated heterocycles. The number of carbonyl (C=O) groups is 2. The molecular formula is C13H15ClN2O4. The van der Waals surface area contributed by atoms with E-state index in [2.05, 4.69) is 5.32 Å². The van der Waals surface area contributed by atoms with Crippen LogP contribution in [-0.2, 0) is 9.53 Å². The van der Waals surface area contributed by atoms with Crippen LogP contribution >= 0.6 is 11.6 Å². The molecule has 1 heterocycles. The number of ether oxygens (including phenoxy) is 1. The van der Waals surface area contributed by atoms with Crippen molar-refractivity contribution >= 4 is 29.2 Å². The number of carboxylic acids is 1. The lowest BCUT2D eigenvalue weighted by Crippen LogP contribution is -2.54. The van der Waals surface area contributed by atoms with Crippen molar-refractivity contribution in [3.05, 3.63) is 28.8 Å². The summed E-state index contributed by atoms with van der Waals surface area (Å²) in [6.45, 7) is 0.880. The van der Waals surface area contributed by atoms with Gasteiger partial charge in [-0.05, 0) is 31.0 Å². The summed E-state index contributed by atoms with van der Waals surface area (Å²) in [5.74, 6) is -1.42. The highest BCUT2D eigenvalue weighted by atomic mass is 35.5. The Bertz CT molecular complexity index is 541. The van der Waals surface area contributed by atoms with E-state index in [1.807, 2.05) is 0 Å². The highest BCUT2D eigenvalue weighted by molar-refractivity contribution is 6.34. The molecule has 108 valence electrons. The van der Waals surface area contributed by atoms with Crippen molar-refractivity contribution < 1.29 is 19.4 Å². The number of carbonyl (C=O) groups excluding carboxylic acids is 1. The third-order valence-electron chi connectivity index (χ3n) is 3.30. The van der Waals surface area contributed by atoms with Gasteiger partial charge in [-0.25, -0.2) is 4.79 Å². The molecule has 4 N–H and O–H groups in total. The van der Waals surface area contributed by atoms with Gasteiger partial charge >= 0.3 is 5.97 Å². The van der Waals surface area contributed by atoms with Gasteiger partial charge in [0.2, 0.25) is 5.91 Å². The lowest BCUT2D eigenvalue weighted by molar-refractivity contribution is -0.124. The van der Waals surface area contributed by atoms with E-state index in [1.165, 1.54) is 18.2 Å². The van der Waals surface area contributed by atoms with Crippen LogP contribution in [0.1, 0.15) is 23.2 Å². The first-order valence-electron chi connectivity index (χ1n) is 6.13. The third kappa shape index (κ3) is 3.09. The fourth-order valence-corrected chi connectivity index (χ4v) is 2.19. The number of halogens is 1. The van der Waals surface area contributed by atoms with Gasteiger partial charge in [0.05, 0.1) is 16.3 Å². The summed E-state index contributed by atoms with van der Waals surface area (Å²) in [4.78, 5) is 23.0. The first-order chi connectivity index (χ1) is 9.42. The molecule has 1 fully saturated rings. The van der Waals surface area contributed by atoms with E-state index >= 15 is 0 Å². The predicted molar refractivity (Wildman–Crippen MR) is 74.0 cm³/mol. The quantitative estimate of drug-likeness (QED) is 0.784. The van der Waals surface area contributed by atoms with Gasteiger partial charge < -0.3 is 20.9 Å². The van der Waals surface area contributed by atoms with E-state index in [9.17, 15) is 9.59 Å². The van der Waals surface area contributed by atoms with Crippen LogP contribution in [0.15, 0.2) is 18.2 Å². The minimum atomic E-state index is -1.08. The molecule has 1 aliphatic heterocycles. The number of benzene rings is 1. The largest absolute Gasteiger partial charge is 0.478 e. The van der Waals surface area contributed by atoms with Crippen molar-refractivity contribution in [1.29, 1.82) is 0 Å². The van der Waals surface area contributed by atoms with E-state index in [1.54, 1.807) is 0 Å². The number of rotatable bonds is 3. The highest BCUT2D eigenvalue weighted by Gasteiger charge is 2.36. The fraction of sp³-hybridized carbons (Fsp3) is 0.385. The molecule has 1 aliphatic rings. The van der Waals surface area contributed by atoms with E-state index < -0.39 is 11.5 Å². The Kier molecular flexibility index (Phi) is 4.27. The van der Waals surface area contributed by atoms with E-state index in [-0.39, 0.29) is 16.5 Å². The summed E-state index contributed by atoms with van der Waals surface area (Å²) >= 11 is 5.96. The molecule has 0 aliphatic carbocycles. The molecule has 0 spiro atoms. The number of nitrogens with two attached hydrogens (primary N) is 1. The normalized spacial score (nSPS) is 17.5. The number of hydrogen-bond acceptors (Lipinski definition) is 4. The van der Waals surface area contributed by atoms with Gasteiger partial charge in [0.1, 0.15) is 5.54 Å². The third-order valence-corrected chi connectivity index (χ3v) is 3.61. The molecule has 20 heavy (non-hydrogen) atoms. The van der Waals surface area contributed by atoms with E-state index in [4.69, 9.17) is 27.2 Å². The number of aromatic carboxylic acids is 1. The van der Waals surface area contributed by atoms with E-state index in [0.717, 1.165) is 0 Å². The van der Waals surface area contributed by atoms with Crippen molar-refractivity contribution in [3.63, 3.8) is 0 Å². The maximum atomic E-state index is 12.2.